The van der Waals surface area contributed by atoms with Crippen LogP contribution < -0.4 is 5.32 Å². The van der Waals surface area contributed by atoms with Crippen LogP contribution in [0.3, 0.4) is 0 Å². The first-order valence-corrected chi connectivity index (χ1v) is 10.7. The molecule has 0 aliphatic carbocycles. The Hall–Kier alpha value is 0.220. The number of sulfonamides is 1. The molecule has 0 amide bonds. The molecule has 2 heterocycles. The van der Waals surface area contributed by atoms with Crippen molar-refractivity contribution >= 4 is 21.8 Å². The summed E-state index contributed by atoms with van der Waals surface area (Å²) in [7, 11) is -3.02. The van der Waals surface area contributed by atoms with E-state index in [0.29, 0.717) is 18.5 Å². The lowest BCUT2D eigenvalue weighted by molar-refractivity contribution is 0.236. The van der Waals surface area contributed by atoms with E-state index in [-0.39, 0.29) is 0 Å². The first-order valence-electron chi connectivity index (χ1n) is 7.80. The monoisotopic (exact) mass is 320 g/mol. The van der Waals surface area contributed by atoms with Gasteiger partial charge in [-0.2, -0.15) is 11.8 Å². The minimum atomic E-state index is -3.02. The predicted octanol–water partition coefficient (Wildman–Crippen LogP) is 1.92. The summed E-state index contributed by atoms with van der Waals surface area (Å²) in [6.45, 7) is 4.60. The van der Waals surface area contributed by atoms with Gasteiger partial charge in [0.15, 0.2) is 0 Å². The second-order valence-corrected chi connectivity index (χ2v) is 9.41. The van der Waals surface area contributed by atoms with Crippen molar-refractivity contribution in [2.75, 3.05) is 31.6 Å². The van der Waals surface area contributed by atoms with Crippen LogP contribution in [0.1, 0.15) is 39.0 Å². The zero-order valence-corrected chi connectivity index (χ0v) is 14.3. The number of rotatable bonds is 6. The maximum atomic E-state index is 11.7. The summed E-state index contributed by atoms with van der Waals surface area (Å²) in [5.74, 6) is 1.80. The molecule has 2 fully saturated rings. The van der Waals surface area contributed by atoms with Gasteiger partial charge in [0.2, 0.25) is 10.0 Å². The molecule has 3 atom stereocenters. The molecule has 0 aromatic heterocycles. The Morgan fingerprint density at radius 2 is 2.15 bits per heavy atom. The van der Waals surface area contributed by atoms with Crippen molar-refractivity contribution in [3.8, 4) is 0 Å². The number of piperidine rings is 1. The predicted molar refractivity (Wildman–Crippen MR) is 86.7 cm³/mol. The lowest BCUT2D eigenvalue weighted by Gasteiger charge is -2.34. The van der Waals surface area contributed by atoms with E-state index < -0.39 is 10.0 Å². The van der Waals surface area contributed by atoms with E-state index >= 15 is 0 Å². The molecule has 118 valence electrons. The first-order chi connectivity index (χ1) is 9.50. The van der Waals surface area contributed by atoms with Crippen molar-refractivity contribution in [3.63, 3.8) is 0 Å². The first kappa shape index (κ1) is 16.6. The normalized spacial score (nSPS) is 30.5. The Kier molecular flexibility index (Phi) is 6.20. The van der Waals surface area contributed by atoms with Crippen LogP contribution in [0.15, 0.2) is 0 Å². The van der Waals surface area contributed by atoms with Crippen molar-refractivity contribution < 1.29 is 8.42 Å². The van der Waals surface area contributed by atoms with Gasteiger partial charge in [-0.1, -0.05) is 6.92 Å². The Balaban J connectivity index is 1.92. The van der Waals surface area contributed by atoms with Crippen LogP contribution >= 0.6 is 11.8 Å². The fourth-order valence-electron chi connectivity index (χ4n) is 3.43. The van der Waals surface area contributed by atoms with Crippen LogP contribution in [0.25, 0.3) is 0 Å². The molecule has 0 radical (unpaired) electrons. The molecule has 3 unspecified atom stereocenters. The minimum absolute atomic E-state index is 0.517. The summed E-state index contributed by atoms with van der Waals surface area (Å²) in [5, 5.41) is 4.36. The third-order valence-corrected chi connectivity index (χ3v) is 7.20. The average molecular weight is 321 g/mol. The molecular weight excluding hydrogens is 292 g/mol. The van der Waals surface area contributed by atoms with Gasteiger partial charge in [-0.25, -0.2) is 12.7 Å². The van der Waals surface area contributed by atoms with Crippen molar-refractivity contribution in [2.45, 2.75) is 50.3 Å². The van der Waals surface area contributed by atoms with Crippen molar-refractivity contribution in [1.29, 1.82) is 0 Å². The van der Waals surface area contributed by atoms with Crippen LogP contribution in [-0.4, -0.2) is 55.7 Å². The topological polar surface area (TPSA) is 49.4 Å². The van der Waals surface area contributed by atoms with Gasteiger partial charge in [0.25, 0.3) is 0 Å². The van der Waals surface area contributed by atoms with Crippen LogP contribution in [0.5, 0.6) is 0 Å². The quantitative estimate of drug-likeness (QED) is 0.812. The van der Waals surface area contributed by atoms with Crippen LogP contribution in [0.4, 0.5) is 0 Å². The zero-order chi connectivity index (χ0) is 14.6. The Morgan fingerprint density at radius 1 is 1.35 bits per heavy atom. The van der Waals surface area contributed by atoms with E-state index in [9.17, 15) is 8.42 Å². The molecule has 4 nitrogen and oxygen atoms in total. The second kappa shape index (κ2) is 7.47. The van der Waals surface area contributed by atoms with Gasteiger partial charge in [-0.15, -0.1) is 0 Å². The molecule has 2 rings (SSSR count). The van der Waals surface area contributed by atoms with Gasteiger partial charge in [-0.05, 0) is 50.3 Å². The number of hydrogen-bond donors (Lipinski definition) is 1. The molecule has 0 bridgehead atoms. The highest BCUT2D eigenvalue weighted by Crippen LogP contribution is 2.33. The van der Waals surface area contributed by atoms with E-state index in [1.54, 1.807) is 4.31 Å². The molecule has 6 heteroatoms. The highest BCUT2D eigenvalue weighted by Gasteiger charge is 2.31. The molecular formula is C14H28N2O2S2. The summed E-state index contributed by atoms with van der Waals surface area (Å²) in [4.78, 5) is 0. The Bertz CT molecular complexity index is 394. The Morgan fingerprint density at radius 3 is 2.75 bits per heavy atom. The summed E-state index contributed by atoms with van der Waals surface area (Å²) in [6, 6.07) is 0.553. The van der Waals surface area contributed by atoms with E-state index in [2.05, 4.69) is 24.0 Å². The van der Waals surface area contributed by atoms with E-state index in [4.69, 9.17) is 0 Å². The summed E-state index contributed by atoms with van der Waals surface area (Å²) in [5.41, 5.74) is 0. The summed E-state index contributed by atoms with van der Waals surface area (Å²) < 4.78 is 25.1. The van der Waals surface area contributed by atoms with Gasteiger partial charge in [0.05, 0.1) is 6.26 Å². The van der Waals surface area contributed by atoms with Crippen LogP contribution in [0, 0.1) is 5.92 Å². The lowest BCUT2D eigenvalue weighted by Crippen LogP contribution is -2.44. The van der Waals surface area contributed by atoms with Gasteiger partial charge < -0.3 is 5.32 Å². The van der Waals surface area contributed by atoms with E-state index in [1.165, 1.54) is 31.3 Å². The van der Waals surface area contributed by atoms with Crippen LogP contribution in [0.2, 0.25) is 0 Å². The number of hydrogen-bond acceptors (Lipinski definition) is 4. The smallest absolute Gasteiger partial charge is 0.211 e. The molecule has 0 saturated carbocycles. The molecule has 1 N–H and O–H groups in total. The second-order valence-electron chi connectivity index (χ2n) is 6.08. The summed E-state index contributed by atoms with van der Waals surface area (Å²) in [6.07, 6.45) is 7.28. The van der Waals surface area contributed by atoms with Gasteiger partial charge in [-0.3, -0.25) is 0 Å². The van der Waals surface area contributed by atoms with Crippen LogP contribution in [-0.2, 0) is 10.0 Å². The minimum Gasteiger partial charge on any atom is -0.313 e. The maximum Gasteiger partial charge on any atom is 0.211 e. The Labute approximate surface area is 128 Å². The molecule has 2 aliphatic heterocycles. The van der Waals surface area contributed by atoms with Crippen molar-refractivity contribution in [2.24, 2.45) is 5.92 Å². The zero-order valence-electron chi connectivity index (χ0n) is 12.7. The maximum absolute atomic E-state index is 11.7. The van der Waals surface area contributed by atoms with Gasteiger partial charge in [0, 0.05) is 24.4 Å². The fourth-order valence-corrected chi connectivity index (χ4v) is 5.78. The highest BCUT2D eigenvalue weighted by molar-refractivity contribution is 8.00. The van der Waals surface area contributed by atoms with E-state index in [0.717, 1.165) is 31.2 Å². The molecule has 2 saturated heterocycles. The fraction of sp³-hybridized carbons (Fsp3) is 1.00. The van der Waals surface area contributed by atoms with E-state index in [1.807, 2.05) is 0 Å². The molecule has 0 aromatic carbocycles. The van der Waals surface area contributed by atoms with Gasteiger partial charge in [0.1, 0.15) is 0 Å². The van der Waals surface area contributed by atoms with Gasteiger partial charge >= 0.3 is 0 Å². The SMILES string of the molecule is CCNC(CC1CCCN(S(C)(=O)=O)C1)C1CCCS1. The molecule has 20 heavy (non-hydrogen) atoms. The number of nitrogens with one attached hydrogen (secondary N) is 1. The largest absolute Gasteiger partial charge is 0.313 e. The molecule has 0 aromatic rings. The lowest BCUT2D eigenvalue weighted by atomic mass is 9.90. The summed E-state index contributed by atoms with van der Waals surface area (Å²) >= 11 is 2.09. The highest BCUT2D eigenvalue weighted by atomic mass is 32.2. The van der Waals surface area contributed by atoms with Crippen molar-refractivity contribution in [3.05, 3.63) is 0 Å². The third-order valence-electron chi connectivity index (χ3n) is 4.42. The standard InChI is InChI=1S/C14H28N2O2S2/c1-3-15-13(14-7-5-9-19-14)10-12-6-4-8-16(11-12)20(2,17)18/h12-15H,3-11H2,1-2H3. The van der Waals surface area contributed by atoms with Crippen molar-refractivity contribution in [1.82, 2.24) is 9.62 Å². The average Bonchev–Trinajstić information content (AvgIpc) is 2.91. The third kappa shape index (κ3) is 4.61. The molecule has 2 aliphatic rings. The molecule has 0 spiro atoms. The number of nitrogens with zero attached hydrogens (tertiary/aromatic N) is 1. The number of thioether (sulfide) groups is 1.